The van der Waals surface area contributed by atoms with Gasteiger partial charge in [0.15, 0.2) is 5.82 Å². The number of alkyl halides is 1. The first-order chi connectivity index (χ1) is 9.11. The Balaban J connectivity index is 2.14. The van der Waals surface area contributed by atoms with Gasteiger partial charge in [0, 0.05) is 23.8 Å². The van der Waals surface area contributed by atoms with Crippen LogP contribution in [-0.2, 0) is 0 Å². The van der Waals surface area contributed by atoms with Crippen molar-refractivity contribution in [2.24, 2.45) is 0 Å². The lowest BCUT2D eigenvalue weighted by Gasteiger charge is -2.09. The highest BCUT2D eigenvalue weighted by Gasteiger charge is 2.09. The summed E-state index contributed by atoms with van der Waals surface area (Å²) in [4.78, 5) is 4.98. The summed E-state index contributed by atoms with van der Waals surface area (Å²) in [5.74, 6) is 1.34. The molecule has 19 heavy (non-hydrogen) atoms. The SMILES string of the molecule is CCC(Br)CCNc1nccn2nc(C(C)C)cc12. The third-order valence-corrected chi connectivity index (χ3v) is 4.30. The molecule has 2 aromatic rings. The van der Waals surface area contributed by atoms with Crippen molar-refractivity contribution in [2.75, 3.05) is 11.9 Å². The van der Waals surface area contributed by atoms with Gasteiger partial charge in [0.2, 0.25) is 0 Å². The molecule has 0 bridgehead atoms. The normalized spacial score (nSPS) is 13.1. The highest BCUT2D eigenvalue weighted by Crippen LogP contribution is 2.20. The molecule has 104 valence electrons. The molecule has 1 N–H and O–H groups in total. The highest BCUT2D eigenvalue weighted by molar-refractivity contribution is 9.09. The number of hydrogen-bond acceptors (Lipinski definition) is 3. The Hall–Kier alpha value is -1.10. The summed E-state index contributed by atoms with van der Waals surface area (Å²) in [6, 6.07) is 2.12. The number of rotatable bonds is 6. The number of hydrogen-bond donors (Lipinski definition) is 1. The quantitative estimate of drug-likeness (QED) is 0.821. The Morgan fingerprint density at radius 1 is 1.42 bits per heavy atom. The van der Waals surface area contributed by atoms with E-state index in [1.165, 1.54) is 0 Å². The molecule has 4 nitrogen and oxygen atoms in total. The summed E-state index contributed by atoms with van der Waals surface area (Å²) < 4.78 is 1.90. The molecule has 5 heteroatoms. The smallest absolute Gasteiger partial charge is 0.152 e. The van der Waals surface area contributed by atoms with Crippen LogP contribution in [0, 0.1) is 0 Å². The van der Waals surface area contributed by atoms with Crippen molar-refractivity contribution in [3.8, 4) is 0 Å². The Morgan fingerprint density at radius 3 is 2.89 bits per heavy atom. The molecule has 1 atom stereocenters. The molecule has 0 saturated heterocycles. The lowest BCUT2D eigenvalue weighted by Crippen LogP contribution is -2.09. The average molecular weight is 325 g/mol. The van der Waals surface area contributed by atoms with Crippen molar-refractivity contribution in [3.63, 3.8) is 0 Å². The molecule has 0 radical (unpaired) electrons. The van der Waals surface area contributed by atoms with Gasteiger partial charge in [-0.05, 0) is 24.8 Å². The molecule has 0 aliphatic rings. The number of nitrogens with zero attached hydrogens (tertiary/aromatic N) is 3. The third-order valence-electron chi connectivity index (χ3n) is 3.19. The van der Waals surface area contributed by atoms with Crippen LogP contribution in [0.25, 0.3) is 5.52 Å². The molecular weight excluding hydrogens is 304 g/mol. The first-order valence-electron chi connectivity index (χ1n) is 6.84. The summed E-state index contributed by atoms with van der Waals surface area (Å²) in [7, 11) is 0. The average Bonchev–Trinajstić information content (AvgIpc) is 2.83. The Kier molecular flexibility index (Phi) is 4.80. The molecule has 0 amide bonds. The van der Waals surface area contributed by atoms with E-state index in [4.69, 9.17) is 0 Å². The summed E-state index contributed by atoms with van der Waals surface area (Å²) >= 11 is 3.65. The van der Waals surface area contributed by atoms with Crippen molar-refractivity contribution in [1.82, 2.24) is 14.6 Å². The minimum atomic E-state index is 0.430. The van der Waals surface area contributed by atoms with Gasteiger partial charge >= 0.3 is 0 Å². The van der Waals surface area contributed by atoms with Crippen LogP contribution in [0.3, 0.4) is 0 Å². The van der Waals surface area contributed by atoms with Gasteiger partial charge in [-0.3, -0.25) is 0 Å². The van der Waals surface area contributed by atoms with Crippen molar-refractivity contribution in [1.29, 1.82) is 0 Å². The fraction of sp³-hybridized carbons (Fsp3) is 0.571. The van der Waals surface area contributed by atoms with Crippen LogP contribution in [0.4, 0.5) is 5.82 Å². The molecular formula is C14H21BrN4. The maximum Gasteiger partial charge on any atom is 0.152 e. The highest BCUT2D eigenvalue weighted by atomic mass is 79.9. The van der Waals surface area contributed by atoms with Crippen LogP contribution in [0.2, 0.25) is 0 Å². The molecule has 0 spiro atoms. The maximum atomic E-state index is 4.56. The minimum Gasteiger partial charge on any atom is -0.368 e. The van der Waals surface area contributed by atoms with Gasteiger partial charge in [0.1, 0.15) is 5.52 Å². The van der Waals surface area contributed by atoms with Crippen LogP contribution in [0.1, 0.15) is 45.2 Å². The number of nitrogens with one attached hydrogen (secondary N) is 1. The van der Waals surface area contributed by atoms with Crippen molar-refractivity contribution in [2.45, 2.75) is 44.4 Å². The number of aromatic nitrogens is 3. The molecule has 1 unspecified atom stereocenters. The van der Waals surface area contributed by atoms with Crippen molar-refractivity contribution < 1.29 is 0 Å². The third kappa shape index (κ3) is 3.47. The van der Waals surface area contributed by atoms with E-state index in [1.54, 1.807) is 6.20 Å². The zero-order valence-electron chi connectivity index (χ0n) is 11.7. The Labute approximate surface area is 122 Å². The summed E-state index contributed by atoms with van der Waals surface area (Å²) in [5.41, 5.74) is 2.15. The molecule has 0 aliphatic carbocycles. The summed E-state index contributed by atoms with van der Waals surface area (Å²) in [6.07, 6.45) is 5.91. The van der Waals surface area contributed by atoms with Gasteiger partial charge in [0.05, 0.1) is 5.69 Å². The second kappa shape index (κ2) is 6.37. The van der Waals surface area contributed by atoms with E-state index < -0.39 is 0 Å². The number of fused-ring (bicyclic) bond motifs is 1. The first-order valence-corrected chi connectivity index (χ1v) is 7.75. The van der Waals surface area contributed by atoms with Crippen LogP contribution in [0.5, 0.6) is 0 Å². The first kappa shape index (κ1) is 14.3. The van der Waals surface area contributed by atoms with Crippen LogP contribution >= 0.6 is 15.9 Å². The van der Waals surface area contributed by atoms with Gasteiger partial charge in [0.25, 0.3) is 0 Å². The van der Waals surface area contributed by atoms with Crippen LogP contribution in [-0.4, -0.2) is 26.0 Å². The lowest BCUT2D eigenvalue weighted by atomic mass is 10.1. The zero-order chi connectivity index (χ0) is 13.8. The lowest BCUT2D eigenvalue weighted by molar-refractivity contribution is 0.771. The standard InChI is InChI=1S/C14H21BrN4/c1-4-11(15)5-6-16-14-13-9-12(10(2)3)18-19(13)8-7-17-14/h7-11H,4-6H2,1-3H3,(H,16,17). The van der Waals surface area contributed by atoms with E-state index in [0.29, 0.717) is 10.7 Å². The van der Waals surface area contributed by atoms with Crippen molar-refractivity contribution >= 4 is 27.3 Å². The second-order valence-corrected chi connectivity index (χ2v) is 6.35. The van der Waals surface area contributed by atoms with E-state index >= 15 is 0 Å². The molecule has 0 aliphatic heterocycles. The largest absolute Gasteiger partial charge is 0.368 e. The molecule has 0 fully saturated rings. The number of anilines is 1. The molecule has 2 aromatic heterocycles. The van der Waals surface area contributed by atoms with Gasteiger partial charge in [-0.25, -0.2) is 9.50 Å². The van der Waals surface area contributed by atoms with Crippen LogP contribution in [0.15, 0.2) is 18.5 Å². The summed E-state index contributed by atoms with van der Waals surface area (Å²) in [6.45, 7) is 7.40. The van der Waals surface area contributed by atoms with Gasteiger partial charge in [-0.1, -0.05) is 36.7 Å². The monoisotopic (exact) mass is 324 g/mol. The molecule has 0 saturated carbocycles. The van der Waals surface area contributed by atoms with E-state index in [-0.39, 0.29) is 0 Å². The van der Waals surface area contributed by atoms with Gasteiger partial charge in [-0.2, -0.15) is 5.10 Å². The topological polar surface area (TPSA) is 42.2 Å². The van der Waals surface area contributed by atoms with E-state index in [9.17, 15) is 0 Å². The van der Waals surface area contributed by atoms with E-state index in [0.717, 1.165) is 36.4 Å². The summed E-state index contributed by atoms with van der Waals surface area (Å²) in [5, 5.41) is 7.96. The minimum absolute atomic E-state index is 0.430. The van der Waals surface area contributed by atoms with Gasteiger partial charge < -0.3 is 5.32 Å². The zero-order valence-corrected chi connectivity index (χ0v) is 13.3. The molecule has 2 rings (SSSR count). The van der Waals surface area contributed by atoms with Gasteiger partial charge in [-0.15, -0.1) is 0 Å². The Bertz CT molecular complexity index is 535. The predicted octanol–water partition coefficient (Wildman–Crippen LogP) is 3.83. The maximum absolute atomic E-state index is 4.56. The second-order valence-electron chi connectivity index (χ2n) is 5.05. The van der Waals surface area contributed by atoms with E-state index in [1.807, 2.05) is 10.7 Å². The molecule has 0 aromatic carbocycles. The number of halogens is 1. The van der Waals surface area contributed by atoms with E-state index in [2.05, 4.69) is 58.2 Å². The Morgan fingerprint density at radius 2 is 2.21 bits per heavy atom. The fourth-order valence-corrected chi connectivity index (χ4v) is 2.14. The molecule has 2 heterocycles. The fourth-order valence-electron chi connectivity index (χ4n) is 1.91. The van der Waals surface area contributed by atoms with Crippen molar-refractivity contribution in [3.05, 3.63) is 24.2 Å². The van der Waals surface area contributed by atoms with Crippen LogP contribution < -0.4 is 5.32 Å². The predicted molar refractivity (Wildman–Crippen MR) is 83.2 cm³/mol.